The second-order valence-corrected chi connectivity index (χ2v) is 6.01. The molecule has 1 aliphatic carbocycles. The number of hydrogen-bond donors (Lipinski definition) is 2. The molecule has 98 valence electrons. The fraction of sp³-hybridized carbons (Fsp3) is 0.583. The van der Waals surface area contributed by atoms with Gasteiger partial charge in [-0.2, -0.15) is 0 Å². The number of rotatable bonds is 4. The van der Waals surface area contributed by atoms with Crippen molar-refractivity contribution in [2.45, 2.75) is 39.2 Å². The molecule has 1 saturated carbocycles. The fourth-order valence-electron chi connectivity index (χ4n) is 2.04. The van der Waals surface area contributed by atoms with Gasteiger partial charge in [0.2, 0.25) is 5.91 Å². The third kappa shape index (κ3) is 2.12. The Balaban J connectivity index is 2.05. The molecule has 0 spiro atoms. The van der Waals surface area contributed by atoms with Crippen molar-refractivity contribution in [3.8, 4) is 0 Å². The maximum Gasteiger partial charge on any atom is 0.319 e. The van der Waals surface area contributed by atoms with E-state index in [0.29, 0.717) is 12.8 Å². The number of carbonyl (C=O) groups is 2. The molecule has 1 unspecified atom stereocenters. The van der Waals surface area contributed by atoms with Gasteiger partial charge in [0.15, 0.2) is 0 Å². The summed E-state index contributed by atoms with van der Waals surface area (Å²) in [4.78, 5) is 28.5. The summed E-state index contributed by atoms with van der Waals surface area (Å²) in [5, 5.41) is 12.7. The van der Waals surface area contributed by atoms with Gasteiger partial charge in [-0.05, 0) is 26.7 Å². The van der Waals surface area contributed by atoms with Crippen molar-refractivity contribution in [2.75, 3.05) is 0 Å². The van der Waals surface area contributed by atoms with Gasteiger partial charge in [-0.25, -0.2) is 4.98 Å². The zero-order chi connectivity index (χ0) is 13.3. The van der Waals surface area contributed by atoms with E-state index in [4.69, 9.17) is 5.11 Å². The molecule has 1 amide bonds. The third-order valence-electron chi connectivity index (χ3n) is 3.41. The number of carboxylic acids is 1. The number of nitrogens with one attached hydrogen (secondary N) is 1. The van der Waals surface area contributed by atoms with Gasteiger partial charge >= 0.3 is 5.97 Å². The van der Waals surface area contributed by atoms with Gasteiger partial charge in [0.05, 0.1) is 6.04 Å². The average molecular weight is 268 g/mol. The van der Waals surface area contributed by atoms with Crippen LogP contribution in [0, 0.1) is 12.3 Å². The molecule has 1 aromatic rings. The van der Waals surface area contributed by atoms with E-state index in [0.717, 1.165) is 16.3 Å². The summed E-state index contributed by atoms with van der Waals surface area (Å²) in [6, 6.07) is -0.243. The minimum absolute atomic E-state index is 0.243. The molecule has 0 saturated heterocycles. The number of carboxylic acid groups (broad SMARTS) is 1. The number of thiazole rings is 1. The molecule has 0 aliphatic heterocycles. The van der Waals surface area contributed by atoms with Crippen molar-refractivity contribution in [1.29, 1.82) is 0 Å². The zero-order valence-corrected chi connectivity index (χ0v) is 11.2. The van der Waals surface area contributed by atoms with Gasteiger partial charge in [-0.1, -0.05) is 6.42 Å². The van der Waals surface area contributed by atoms with Crippen LogP contribution in [0.3, 0.4) is 0 Å². The van der Waals surface area contributed by atoms with Crippen LogP contribution in [0.25, 0.3) is 0 Å². The summed E-state index contributed by atoms with van der Waals surface area (Å²) >= 11 is 1.51. The molecular weight excluding hydrogens is 252 g/mol. The molecule has 0 radical (unpaired) electrons. The van der Waals surface area contributed by atoms with E-state index < -0.39 is 11.4 Å². The molecule has 5 nitrogen and oxygen atoms in total. The van der Waals surface area contributed by atoms with Crippen LogP contribution in [-0.4, -0.2) is 22.0 Å². The highest BCUT2D eigenvalue weighted by molar-refractivity contribution is 7.11. The van der Waals surface area contributed by atoms with Crippen molar-refractivity contribution in [3.05, 3.63) is 16.1 Å². The second-order valence-electron chi connectivity index (χ2n) is 4.75. The maximum absolute atomic E-state index is 12.1. The van der Waals surface area contributed by atoms with Crippen molar-refractivity contribution < 1.29 is 14.7 Å². The highest BCUT2D eigenvalue weighted by Gasteiger charge is 2.51. The van der Waals surface area contributed by atoms with E-state index in [2.05, 4.69) is 10.3 Å². The first-order chi connectivity index (χ1) is 8.45. The number of aryl methyl sites for hydroxylation is 1. The highest BCUT2D eigenvalue weighted by atomic mass is 32.1. The Morgan fingerprint density at radius 2 is 2.22 bits per heavy atom. The highest BCUT2D eigenvalue weighted by Crippen LogP contribution is 2.41. The van der Waals surface area contributed by atoms with Crippen LogP contribution in [0.4, 0.5) is 0 Å². The van der Waals surface area contributed by atoms with E-state index in [-0.39, 0.29) is 11.9 Å². The van der Waals surface area contributed by atoms with Crippen LogP contribution in [-0.2, 0) is 9.59 Å². The van der Waals surface area contributed by atoms with E-state index in [1.165, 1.54) is 11.3 Å². The number of nitrogens with zero attached hydrogens (tertiary/aromatic N) is 1. The molecule has 6 heteroatoms. The lowest BCUT2D eigenvalue weighted by molar-refractivity contribution is -0.162. The first kappa shape index (κ1) is 13.0. The predicted octanol–water partition coefficient (Wildman–Crippen LogP) is 1.88. The minimum atomic E-state index is -1.21. The van der Waals surface area contributed by atoms with Crippen LogP contribution in [0.5, 0.6) is 0 Å². The van der Waals surface area contributed by atoms with Gasteiger partial charge in [-0.15, -0.1) is 11.3 Å². The lowest BCUT2D eigenvalue weighted by Crippen LogP contribution is -2.51. The first-order valence-electron chi connectivity index (χ1n) is 5.92. The van der Waals surface area contributed by atoms with Gasteiger partial charge in [0.25, 0.3) is 0 Å². The second kappa shape index (κ2) is 4.68. The van der Waals surface area contributed by atoms with Crippen molar-refractivity contribution in [2.24, 2.45) is 5.41 Å². The molecule has 1 heterocycles. The smallest absolute Gasteiger partial charge is 0.319 e. The van der Waals surface area contributed by atoms with Crippen molar-refractivity contribution in [1.82, 2.24) is 10.3 Å². The van der Waals surface area contributed by atoms with Gasteiger partial charge in [0, 0.05) is 11.1 Å². The van der Waals surface area contributed by atoms with Crippen LogP contribution >= 0.6 is 11.3 Å². The average Bonchev–Trinajstić information content (AvgIpc) is 2.62. The SMILES string of the molecule is Cc1cnc(C(C)NC(=O)C2(C(=O)O)CCC2)s1. The molecule has 2 N–H and O–H groups in total. The Labute approximate surface area is 109 Å². The predicted molar refractivity (Wildman–Crippen MR) is 67.3 cm³/mol. The Bertz CT molecular complexity index is 479. The number of hydrogen-bond acceptors (Lipinski definition) is 4. The molecule has 1 atom stereocenters. The van der Waals surface area contributed by atoms with Crippen LogP contribution in [0.1, 0.15) is 42.1 Å². The first-order valence-corrected chi connectivity index (χ1v) is 6.74. The van der Waals surface area contributed by atoms with Gasteiger partial charge < -0.3 is 10.4 Å². The lowest BCUT2D eigenvalue weighted by Gasteiger charge is -2.36. The van der Waals surface area contributed by atoms with Gasteiger partial charge in [0.1, 0.15) is 10.4 Å². The topological polar surface area (TPSA) is 79.3 Å². The normalized spacial score (nSPS) is 18.8. The number of aliphatic carboxylic acids is 1. The molecule has 0 bridgehead atoms. The molecule has 1 aliphatic rings. The molecule has 2 rings (SSSR count). The molecule has 18 heavy (non-hydrogen) atoms. The number of carbonyl (C=O) groups excluding carboxylic acids is 1. The van der Waals surface area contributed by atoms with E-state index in [9.17, 15) is 9.59 Å². The lowest BCUT2D eigenvalue weighted by atomic mass is 9.68. The van der Waals surface area contributed by atoms with Crippen LogP contribution in [0.2, 0.25) is 0 Å². The quantitative estimate of drug-likeness (QED) is 0.817. The van der Waals surface area contributed by atoms with Crippen LogP contribution < -0.4 is 5.32 Å². The Kier molecular flexibility index (Phi) is 3.38. The summed E-state index contributed by atoms with van der Waals surface area (Å²) in [6.07, 6.45) is 3.40. The van der Waals surface area contributed by atoms with E-state index >= 15 is 0 Å². The Hall–Kier alpha value is -1.43. The van der Waals surface area contributed by atoms with E-state index in [1.807, 2.05) is 13.8 Å². The standard InChI is InChI=1S/C12H16N2O3S/c1-7-6-13-9(18-7)8(2)14-10(15)12(11(16)17)4-3-5-12/h6,8H,3-5H2,1-2H3,(H,14,15)(H,16,17). The Morgan fingerprint density at radius 1 is 1.56 bits per heavy atom. The number of amides is 1. The Morgan fingerprint density at radius 3 is 2.61 bits per heavy atom. The molecule has 0 aromatic carbocycles. The minimum Gasteiger partial charge on any atom is -0.480 e. The number of aromatic nitrogens is 1. The summed E-state index contributed by atoms with van der Waals surface area (Å²) in [5.41, 5.74) is -1.21. The molecule has 1 aromatic heterocycles. The maximum atomic E-state index is 12.1. The fourth-order valence-corrected chi connectivity index (χ4v) is 2.81. The van der Waals surface area contributed by atoms with E-state index in [1.54, 1.807) is 6.20 Å². The summed E-state index contributed by atoms with van der Waals surface area (Å²) in [6.45, 7) is 3.77. The largest absolute Gasteiger partial charge is 0.480 e. The summed E-state index contributed by atoms with van der Waals surface area (Å²) in [7, 11) is 0. The van der Waals surface area contributed by atoms with Gasteiger partial charge in [-0.3, -0.25) is 9.59 Å². The monoisotopic (exact) mass is 268 g/mol. The molecular formula is C12H16N2O3S. The summed E-state index contributed by atoms with van der Waals surface area (Å²) < 4.78 is 0. The third-order valence-corrected chi connectivity index (χ3v) is 4.50. The zero-order valence-electron chi connectivity index (χ0n) is 10.4. The van der Waals surface area contributed by atoms with Crippen molar-refractivity contribution >= 4 is 23.2 Å². The van der Waals surface area contributed by atoms with Crippen molar-refractivity contribution in [3.63, 3.8) is 0 Å². The van der Waals surface area contributed by atoms with Crippen LogP contribution in [0.15, 0.2) is 6.20 Å². The summed E-state index contributed by atoms with van der Waals surface area (Å²) in [5.74, 6) is -1.41. The molecule has 1 fully saturated rings.